The van der Waals surface area contributed by atoms with Crippen LogP contribution in [0.15, 0.2) is 23.3 Å². The Kier molecular flexibility index (Phi) is 1.95. The van der Waals surface area contributed by atoms with Gasteiger partial charge in [0.15, 0.2) is 5.78 Å². The van der Waals surface area contributed by atoms with Crippen molar-refractivity contribution in [3.63, 3.8) is 0 Å². The maximum Gasteiger partial charge on any atom is 0.163 e. The molecule has 1 heteroatoms. The highest BCUT2D eigenvalue weighted by Crippen LogP contribution is 2.62. The van der Waals surface area contributed by atoms with Crippen LogP contribution in [0.1, 0.15) is 40.0 Å². The minimum absolute atomic E-state index is 0.227. The molecular formula is C17H22O. The average molecular weight is 242 g/mol. The highest BCUT2D eigenvalue weighted by Gasteiger charge is 2.58. The molecule has 1 nitrogen and oxygen atoms in total. The molecule has 0 aromatic carbocycles. The third kappa shape index (κ3) is 1.12. The van der Waals surface area contributed by atoms with E-state index in [0.717, 1.165) is 18.3 Å². The van der Waals surface area contributed by atoms with Gasteiger partial charge >= 0.3 is 0 Å². The first kappa shape index (κ1) is 11.0. The number of ketones is 1. The van der Waals surface area contributed by atoms with Crippen molar-refractivity contribution in [2.45, 2.75) is 40.0 Å². The molecule has 1 unspecified atom stereocenters. The van der Waals surface area contributed by atoms with Gasteiger partial charge in [0.05, 0.1) is 0 Å². The molecule has 0 spiro atoms. The van der Waals surface area contributed by atoms with Gasteiger partial charge in [-0.3, -0.25) is 4.79 Å². The van der Waals surface area contributed by atoms with Crippen LogP contribution in [0.5, 0.6) is 0 Å². The summed E-state index contributed by atoms with van der Waals surface area (Å²) >= 11 is 0. The van der Waals surface area contributed by atoms with Gasteiger partial charge in [0.2, 0.25) is 0 Å². The number of carbonyl (C=O) groups is 1. The van der Waals surface area contributed by atoms with E-state index in [0.29, 0.717) is 23.5 Å². The fraction of sp³-hybridized carbons (Fsp3) is 0.706. The van der Waals surface area contributed by atoms with Crippen molar-refractivity contribution >= 4 is 5.78 Å². The van der Waals surface area contributed by atoms with Crippen LogP contribution < -0.4 is 0 Å². The summed E-state index contributed by atoms with van der Waals surface area (Å²) in [6.45, 7) is 6.79. The van der Waals surface area contributed by atoms with Gasteiger partial charge in [-0.15, -0.1) is 0 Å². The van der Waals surface area contributed by atoms with Crippen LogP contribution in [0.2, 0.25) is 0 Å². The minimum Gasteiger partial charge on any atom is -0.294 e. The summed E-state index contributed by atoms with van der Waals surface area (Å²) in [4.78, 5) is 12.8. The molecule has 2 saturated carbocycles. The lowest BCUT2D eigenvalue weighted by molar-refractivity contribution is -0.136. The first-order valence-electron chi connectivity index (χ1n) is 7.43. The molecule has 0 heterocycles. The predicted octanol–water partition coefficient (Wildman–Crippen LogP) is 3.76. The molecule has 0 radical (unpaired) electrons. The lowest BCUT2D eigenvalue weighted by Gasteiger charge is -2.58. The van der Waals surface area contributed by atoms with Crippen molar-refractivity contribution < 1.29 is 4.79 Å². The number of fused-ring (bicyclic) bond motifs is 3. The van der Waals surface area contributed by atoms with Crippen LogP contribution in [0.25, 0.3) is 0 Å². The van der Waals surface area contributed by atoms with Gasteiger partial charge in [0.25, 0.3) is 0 Å². The van der Waals surface area contributed by atoms with Gasteiger partial charge < -0.3 is 0 Å². The molecule has 18 heavy (non-hydrogen) atoms. The van der Waals surface area contributed by atoms with Crippen molar-refractivity contribution in [1.29, 1.82) is 0 Å². The molecule has 0 saturated heterocycles. The third-order valence-corrected chi connectivity index (χ3v) is 6.44. The van der Waals surface area contributed by atoms with E-state index in [1.165, 1.54) is 24.0 Å². The Morgan fingerprint density at radius 3 is 2.33 bits per heavy atom. The maximum atomic E-state index is 12.8. The summed E-state index contributed by atoms with van der Waals surface area (Å²) in [6.07, 6.45) is 8.47. The molecule has 6 rings (SSSR count). The number of allylic oxidation sites excluding steroid dienone is 4. The molecule has 0 aliphatic heterocycles. The van der Waals surface area contributed by atoms with Gasteiger partial charge in [-0.1, -0.05) is 31.6 Å². The summed E-state index contributed by atoms with van der Waals surface area (Å²) < 4.78 is 0. The second-order valence-electron chi connectivity index (χ2n) is 7.53. The van der Waals surface area contributed by atoms with E-state index in [-0.39, 0.29) is 5.41 Å². The van der Waals surface area contributed by atoms with Gasteiger partial charge in [-0.05, 0) is 49.4 Å². The van der Waals surface area contributed by atoms with E-state index in [1.807, 2.05) is 0 Å². The monoisotopic (exact) mass is 242 g/mol. The van der Waals surface area contributed by atoms with Gasteiger partial charge in [0, 0.05) is 17.4 Å². The number of Topliss-reactive ketones (excluding diaryl/α,β-unsaturated/α-hetero) is 1. The second kappa shape index (κ2) is 3.18. The molecule has 0 aromatic rings. The summed E-state index contributed by atoms with van der Waals surface area (Å²) in [6, 6.07) is 0. The molecular weight excluding hydrogens is 220 g/mol. The van der Waals surface area contributed by atoms with E-state index in [4.69, 9.17) is 0 Å². The lowest BCUT2D eigenvalue weighted by Crippen LogP contribution is -2.55. The van der Waals surface area contributed by atoms with Crippen LogP contribution in [0.3, 0.4) is 0 Å². The Morgan fingerprint density at radius 2 is 1.83 bits per heavy atom. The molecule has 6 aliphatic rings. The Morgan fingerprint density at radius 1 is 1.11 bits per heavy atom. The number of carbonyl (C=O) groups excluding carboxylic acids is 1. The average Bonchev–Trinajstić information content (AvgIpc) is 2.26. The highest BCUT2D eigenvalue weighted by molar-refractivity contribution is 6.02. The largest absolute Gasteiger partial charge is 0.294 e. The van der Waals surface area contributed by atoms with E-state index < -0.39 is 0 Å². The van der Waals surface area contributed by atoms with E-state index in [9.17, 15) is 4.79 Å². The SMILES string of the molecule is CC1=C(C2C=CC3CC2C3)C(=O)[C@@H]2C[C@@H]1C2(C)C. The lowest BCUT2D eigenvalue weighted by atomic mass is 9.45. The molecule has 2 fully saturated rings. The van der Waals surface area contributed by atoms with E-state index in [2.05, 4.69) is 32.9 Å². The minimum atomic E-state index is 0.227. The quantitative estimate of drug-likeness (QED) is 0.640. The molecule has 0 aromatic heterocycles. The zero-order valence-corrected chi connectivity index (χ0v) is 11.6. The number of hydrogen-bond acceptors (Lipinski definition) is 1. The van der Waals surface area contributed by atoms with Gasteiger partial charge in [-0.2, -0.15) is 0 Å². The topological polar surface area (TPSA) is 17.1 Å². The van der Waals surface area contributed by atoms with Crippen LogP contribution in [0, 0.1) is 35.0 Å². The Hall–Kier alpha value is -0.850. The second-order valence-corrected chi connectivity index (χ2v) is 7.53. The summed E-state index contributed by atoms with van der Waals surface area (Å²) in [5.74, 6) is 3.53. The predicted molar refractivity (Wildman–Crippen MR) is 71.9 cm³/mol. The van der Waals surface area contributed by atoms with Gasteiger partial charge in [-0.25, -0.2) is 0 Å². The third-order valence-electron chi connectivity index (χ3n) is 6.44. The molecule has 4 bridgehead atoms. The molecule has 6 aliphatic carbocycles. The normalized spacial score (nSPS) is 47.7. The highest BCUT2D eigenvalue weighted by atomic mass is 16.1. The van der Waals surface area contributed by atoms with Crippen molar-refractivity contribution in [3.8, 4) is 0 Å². The number of hydrogen-bond donors (Lipinski definition) is 0. The first-order valence-corrected chi connectivity index (χ1v) is 7.43. The van der Waals surface area contributed by atoms with Gasteiger partial charge in [0.1, 0.15) is 0 Å². The first-order chi connectivity index (χ1) is 8.50. The zero-order chi connectivity index (χ0) is 12.7. The smallest absolute Gasteiger partial charge is 0.163 e. The summed E-state index contributed by atoms with van der Waals surface area (Å²) in [7, 11) is 0. The molecule has 0 N–H and O–H groups in total. The van der Waals surface area contributed by atoms with Crippen molar-refractivity contribution in [2.75, 3.05) is 0 Å². The Labute approximate surface area is 109 Å². The van der Waals surface area contributed by atoms with Crippen molar-refractivity contribution in [3.05, 3.63) is 23.3 Å². The zero-order valence-electron chi connectivity index (χ0n) is 11.6. The van der Waals surface area contributed by atoms with Crippen LogP contribution >= 0.6 is 0 Å². The van der Waals surface area contributed by atoms with E-state index >= 15 is 0 Å². The Bertz CT molecular complexity index is 488. The van der Waals surface area contributed by atoms with Crippen molar-refractivity contribution in [1.82, 2.24) is 0 Å². The summed E-state index contributed by atoms with van der Waals surface area (Å²) in [5.41, 5.74) is 2.87. The molecule has 0 amide bonds. The number of rotatable bonds is 1. The molecule has 96 valence electrons. The van der Waals surface area contributed by atoms with Crippen molar-refractivity contribution in [2.24, 2.45) is 35.0 Å². The molecule has 3 atom stereocenters. The van der Waals surface area contributed by atoms with Crippen LogP contribution in [0.4, 0.5) is 0 Å². The fourth-order valence-corrected chi connectivity index (χ4v) is 5.03. The van der Waals surface area contributed by atoms with E-state index in [1.54, 1.807) is 0 Å². The fourth-order valence-electron chi connectivity index (χ4n) is 5.03. The van der Waals surface area contributed by atoms with Crippen LogP contribution in [-0.4, -0.2) is 5.78 Å². The van der Waals surface area contributed by atoms with Crippen LogP contribution in [-0.2, 0) is 4.79 Å². The maximum absolute atomic E-state index is 12.8. The summed E-state index contributed by atoms with van der Waals surface area (Å²) in [5, 5.41) is 0. The Balaban J connectivity index is 1.77. The standard InChI is InChI=1S/C17H22O/c1-9-13-8-14(17(13,2)3)16(18)15(9)12-5-4-10-6-11(12)7-10/h4-5,10-14H,6-8H2,1-3H3/t10?,11?,12?,13-,14-/m0/s1.